The van der Waals surface area contributed by atoms with Gasteiger partial charge in [-0.2, -0.15) is 10.2 Å². The maximum absolute atomic E-state index is 11.8. The summed E-state index contributed by atoms with van der Waals surface area (Å²) in [4.78, 5) is 38.7. The van der Waals surface area contributed by atoms with Gasteiger partial charge in [0.1, 0.15) is 12.7 Å². The summed E-state index contributed by atoms with van der Waals surface area (Å²) in [6.07, 6.45) is 3.51. The standard InChI is InChI=1S/C15H17N3O3.C13H16N4O/c1-3-21-15(20)16-13-6-4-5-12(9-13)10-18-14(19)8-7-11(2)17-18;1-11-3-5-12(6-4-11)13(18)15-7-2-8-17-10-14-9-16-17/h4-9H,3,10H2,1-2H3,(H,16,20);3-6,9-10H,2,7-8H2,1H3,(H,15,18). The number of aromatic nitrogens is 5. The van der Waals surface area contributed by atoms with Gasteiger partial charge in [0.25, 0.3) is 11.5 Å². The van der Waals surface area contributed by atoms with Gasteiger partial charge >= 0.3 is 6.09 Å². The zero-order valence-corrected chi connectivity index (χ0v) is 22.3. The largest absolute Gasteiger partial charge is 0.450 e. The first kappa shape index (κ1) is 28.8. The van der Waals surface area contributed by atoms with Gasteiger partial charge in [0.15, 0.2) is 0 Å². The zero-order valence-electron chi connectivity index (χ0n) is 22.3. The van der Waals surface area contributed by atoms with Gasteiger partial charge in [-0.3, -0.25) is 19.6 Å². The zero-order chi connectivity index (χ0) is 28.0. The average molecular weight is 532 g/mol. The molecule has 0 bridgehead atoms. The Hall–Kier alpha value is -4.80. The minimum Gasteiger partial charge on any atom is -0.450 e. The van der Waals surface area contributed by atoms with Crippen molar-refractivity contribution in [2.45, 2.75) is 40.3 Å². The lowest BCUT2D eigenvalue weighted by Crippen LogP contribution is -2.25. The third-order valence-electron chi connectivity index (χ3n) is 5.41. The molecule has 39 heavy (non-hydrogen) atoms. The lowest BCUT2D eigenvalue weighted by molar-refractivity contribution is 0.0952. The maximum atomic E-state index is 11.8. The van der Waals surface area contributed by atoms with Crippen molar-refractivity contribution in [3.8, 4) is 0 Å². The first-order chi connectivity index (χ1) is 18.8. The average Bonchev–Trinajstić information content (AvgIpc) is 3.43. The normalized spacial score (nSPS) is 10.2. The first-order valence-electron chi connectivity index (χ1n) is 12.6. The second-order valence-electron chi connectivity index (χ2n) is 8.65. The quantitative estimate of drug-likeness (QED) is 0.316. The Morgan fingerprint density at radius 1 is 1.03 bits per heavy atom. The molecule has 204 valence electrons. The van der Waals surface area contributed by atoms with Crippen molar-refractivity contribution in [1.82, 2.24) is 29.9 Å². The van der Waals surface area contributed by atoms with Gasteiger partial charge in [0.2, 0.25) is 0 Å². The molecule has 4 aromatic rings. The van der Waals surface area contributed by atoms with Crippen LogP contribution in [0.1, 0.15) is 40.5 Å². The predicted octanol–water partition coefficient (Wildman–Crippen LogP) is 3.58. The van der Waals surface area contributed by atoms with E-state index in [0.717, 1.165) is 29.8 Å². The van der Waals surface area contributed by atoms with Crippen molar-refractivity contribution in [2.75, 3.05) is 18.5 Å². The SMILES string of the molecule is CCOC(=O)Nc1cccc(Cn2nc(C)ccc2=O)c1.Cc1ccc(C(=O)NCCCn2cncn2)cc1. The lowest BCUT2D eigenvalue weighted by atomic mass is 10.1. The van der Waals surface area contributed by atoms with E-state index in [1.165, 1.54) is 17.1 Å². The predicted molar refractivity (Wildman–Crippen MR) is 148 cm³/mol. The van der Waals surface area contributed by atoms with E-state index in [1.54, 1.807) is 42.2 Å². The molecular formula is C28H33N7O4. The molecule has 0 saturated heterocycles. The van der Waals surface area contributed by atoms with Crippen LogP contribution in [0.4, 0.5) is 10.5 Å². The summed E-state index contributed by atoms with van der Waals surface area (Å²) in [6, 6.07) is 17.9. The maximum Gasteiger partial charge on any atom is 0.411 e. The van der Waals surface area contributed by atoms with Crippen LogP contribution in [0.2, 0.25) is 0 Å². The Bertz CT molecular complexity index is 1400. The fourth-order valence-electron chi connectivity index (χ4n) is 3.47. The summed E-state index contributed by atoms with van der Waals surface area (Å²) in [6.45, 7) is 7.62. The summed E-state index contributed by atoms with van der Waals surface area (Å²) in [5.41, 5.74) is 3.94. The van der Waals surface area contributed by atoms with Crippen LogP contribution in [0.25, 0.3) is 0 Å². The summed E-state index contributed by atoms with van der Waals surface area (Å²) in [5, 5.41) is 13.7. The number of carbonyl (C=O) groups is 2. The van der Waals surface area contributed by atoms with Crippen molar-refractivity contribution in [3.05, 3.63) is 106 Å². The number of rotatable bonds is 9. The van der Waals surface area contributed by atoms with E-state index in [9.17, 15) is 14.4 Å². The summed E-state index contributed by atoms with van der Waals surface area (Å²) >= 11 is 0. The molecule has 0 unspecified atom stereocenters. The molecule has 2 heterocycles. The van der Waals surface area contributed by atoms with Gasteiger partial charge in [-0.1, -0.05) is 29.8 Å². The van der Waals surface area contributed by atoms with E-state index >= 15 is 0 Å². The van der Waals surface area contributed by atoms with Crippen LogP contribution in [0, 0.1) is 13.8 Å². The number of ether oxygens (including phenoxy) is 1. The third-order valence-corrected chi connectivity index (χ3v) is 5.41. The van der Waals surface area contributed by atoms with Crippen molar-refractivity contribution in [3.63, 3.8) is 0 Å². The van der Waals surface area contributed by atoms with Crippen LogP contribution in [-0.2, 0) is 17.8 Å². The molecule has 2 N–H and O–H groups in total. The number of aryl methyl sites for hydroxylation is 3. The van der Waals surface area contributed by atoms with Crippen molar-refractivity contribution in [2.24, 2.45) is 0 Å². The van der Waals surface area contributed by atoms with Crippen LogP contribution in [-0.4, -0.2) is 49.7 Å². The Morgan fingerprint density at radius 2 is 1.82 bits per heavy atom. The molecule has 0 fully saturated rings. The Balaban J connectivity index is 0.000000218. The van der Waals surface area contributed by atoms with Crippen LogP contribution in [0.5, 0.6) is 0 Å². The fraction of sp³-hybridized carbons (Fsp3) is 0.286. The fourth-order valence-corrected chi connectivity index (χ4v) is 3.47. The van der Waals surface area contributed by atoms with E-state index in [4.69, 9.17) is 4.74 Å². The van der Waals surface area contributed by atoms with E-state index in [0.29, 0.717) is 30.9 Å². The number of hydrogen-bond acceptors (Lipinski definition) is 7. The minimum absolute atomic E-state index is 0.0337. The number of carbonyl (C=O) groups excluding carboxylic acids is 2. The second-order valence-corrected chi connectivity index (χ2v) is 8.65. The monoisotopic (exact) mass is 531 g/mol. The molecule has 4 rings (SSSR count). The highest BCUT2D eigenvalue weighted by molar-refractivity contribution is 5.94. The molecule has 0 aliphatic heterocycles. The highest BCUT2D eigenvalue weighted by Gasteiger charge is 2.05. The van der Waals surface area contributed by atoms with Gasteiger partial charge in [0.05, 0.1) is 18.8 Å². The van der Waals surface area contributed by atoms with E-state index < -0.39 is 6.09 Å². The van der Waals surface area contributed by atoms with Crippen molar-refractivity contribution in [1.29, 1.82) is 0 Å². The van der Waals surface area contributed by atoms with Gasteiger partial charge in [-0.05, 0) is 63.1 Å². The van der Waals surface area contributed by atoms with Crippen LogP contribution in [0.3, 0.4) is 0 Å². The molecule has 0 spiro atoms. The molecule has 2 amide bonds. The van der Waals surface area contributed by atoms with E-state index in [2.05, 4.69) is 25.8 Å². The molecule has 0 aliphatic carbocycles. The van der Waals surface area contributed by atoms with E-state index in [1.807, 2.05) is 44.2 Å². The molecule has 11 nitrogen and oxygen atoms in total. The summed E-state index contributed by atoms with van der Waals surface area (Å²) in [5.74, 6) is -0.0337. The minimum atomic E-state index is -0.500. The number of hydrogen-bond donors (Lipinski definition) is 2. The molecular weight excluding hydrogens is 498 g/mol. The highest BCUT2D eigenvalue weighted by atomic mass is 16.5. The Labute approximate surface area is 226 Å². The summed E-state index contributed by atoms with van der Waals surface area (Å²) < 4.78 is 7.96. The molecule has 11 heteroatoms. The topological polar surface area (TPSA) is 133 Å². The lowest BCUT2D eigenvalue weighted by Gasteiger charge is -2.08. The smallest absolute Gasteiger partial charge is 0.411 e. The summed E-state index contributed by atoms with van der Waals surface area (Å²) in [7, 11) is 0. The molecule has 2 aromatic carbocycles. The Morgan fingerprint density at radius 3 is 2.54 bits per heavy atom. The van der Waals surface area contributed by atoms with Gasteiger partial charge in [0, 0.05) is 30.4 Å². The van der Waals surface area contributed by atoms with E-state index in [-0.39, 0.29) is 11.5 Å². The number of benzene rings is 2. The number of anilines is 1. The van der Waals surface area contributed by atoms with Crippen LogP contribution in [0.15, 0.2) is 78.1 Å². The second kappa shape index (κ2) is 14.8. The first-order valence-corrected chi connectivity index (χ1v) is 12.6. The number of nitrogens with one attached hydrogen (secondary N) is 2. The van der Waals surface area contributed by atoms with Crippen molar-refractivity contribution < 1.29 is 14.3 Å². The number of amides is 2. The third kappa shape index (κ3) is 9.88. The molecule has 0 atom stereocenters. The van der Waals surface area contributed by atoms with Gasteiger partial charge < -0.3 is 10.1 Å². The van der Waals surface area contributed by atoms with Crippen LogP contribution < -0.4 is 16.2 Å². The molecule has 0 radical (unpaired) electrons. The highest BCUT2D eigenvalue weighted by Crippen LogP contribution is 2.11. The van der Waals surface area contributed by atoms with Crippen molar-refractivity contribution >= 4 is 17.7 Å². The molecule has 0 aliphatic rings. The Kier molecular flexibility index (Phi) is 10.9. The van der Waals surface area contributed by atoms with Gasteiger partial charge in [-0.25, -0.2) is 14.5 Å². The van der Waals surface area contributed by atoms with Gasteiger partial charge in [-0.15, -0.1) is 0 Å². The van der Waals surface area contributed by atoms with Crippen LogP contribution >= 0.6 is 0 Å². The molecule has 0 saturated carbocycles. The number of nitrogens with zero attached hydrogens (tertiary/aromatic N) is 5. The molecule has 2 aromatic heterocycles.